The van der Waals surface area contributed by atoms with Crippen LogP contribution in [0.1, 0.15) is 63.6 Å². The Morgan fingerprint density at radius 2 is 1.86 bits per heavy atom. The first-order chi connectivity index (χ1) is 9.87. The van der Waals surface area contributed by atoms with Crippen LogP contribution in [0, 0.1) is 17.8 Å². The number of aryl methyl sites for hydroxylation is 1. The number of hydrogen-bond acceptors (Lipinski definition) is 2. The third-order valence-corrected chi connectivity index (χ3v) is 6.08. The van der Waals surface area contributed by atoms with E-state index in [0.717, 1.165) is 17.8 Å². The zero-order valence-corrected chi connectivity index (χ0v) is 15.4. The van der Waals surface area contributed by atoms with Gasteiger partial charge in [-0.25, -0.2) is 0 Å². The summed E-state index contributed by atoms with van der Waals surface area (Å²) in [7, 11) is 0. The van der Waals surface area contributed by atoms with E-state index in [1.54, 1.807) is 9.75 Å². The Bertz CT molecular complexity index is 429. The summed E-state index contributed by atoms with van der Waals surface area (Å²) in [6.07, 6.45) is 6.71. The van der Waals surface area contributed by atoms with Crippen molar-refractivity contribution in [3.8, 4) is 0 Å². The van der Waals surface area contributed by atoms with E-state index in [-0.39, 0.29) is 5.54 Å². The van der Waals surface area contributed by atoms with Gasteiger partial charge in [-0.15, -0.1) is 11.3 Å². The standard InChI is InChI=1S/C19H33NS/c1-6-17-9-10-18(21-17)12-16-11-14(2)7-8-15(16)13-20-19(3,4)5/h9-10,14-16,20H,6-8,11-13H2,1-5H3. The highest BCUT2D eigenvalue weighted by atomic mass is 32.1. The van der Waals surface area contributed by atoms with E-state index in [4.69, 9.17) is 0 Å². The number of hydrogen-bond donors (Lipinski definition) is 1. The van der Waals surface area contributed by atoms with E-state index < -0.39 is 0 Å². The summed E-state index contributed by atoms with van der Waals surface area (Å²) in [5, 5.41) is 3.74. The molecular formula is C19H33NS. The molecule has 1 aliphatic carbocycles. The summed E-state index contributed by atoms with van der Waals surface area (Å²) in [6, 6.07) is 4.70. The van der Waals surface area contributed by atoms with Crippen molar-refractivity contribution in [1.29, 1.82) is 0 Å². The van der Waals surface area contributed by atoms with Gasteiger partial charge in [0.1, 0.15) is 0 Å². The molecule has 1 aromatic heterocycles. The predicted octanol–water partition coefficient (Wildman–Crippen LogP) is 5.29. The highest BCUT2D eigenvalue weighted by Crippen LogP contribution is 2.37. The first-order valence-electron chi connectivity index (χ1n) is 8.70. The molecule has 0 amide bonds. The lowest BCUT2D eigenvalue weighted by molar-refractivity contribution is 0.175. The molecule has 3 atom stereocenters. The summed E-state index contributed by atoms with van der Waals surface area (Å²) >= 11 is 2.03. The van der Waals surface area contributed by atoms with Crippen LogP contribution in [0.4, 0.5) is 0 Å². The molecule has 1 heterocycles. The molecule has 1 N–H and O–H groups in total. The van der Waals surface area contributed by atoms with E-state index in [1.807, 2.05) is 11.3 Å². The van der Waals surface area contributed by atoms with Gasteiger partial charge in [0.05, 0.1) is 0 Å². The predicted molar refractivity (Wildman–Crippen MR) is 95.2 cm³/mol. The third-order valence-electron chi connectivity index (χ3n) is 4.83. The minimum Gasteiger partial charge on any atom is -0.312 e. The fourth-order valence-electron chi connectivity index (χ4n) is 3.50. The van der Waals surface area contributed by atoms with Crippen molar-refractivity contribution in [2.24, 2.45) is 17.8 Å². The minimum absolute atomic E-state index is 0.242. The van der Waals surface area contributed by atoms with Crippen molar-refractivity contribution in [1.82, 2.24) is 5.32 Å². The molecule has 1 aromatic rings. The van der Waals surface area contributed by atoms with Crippen molar-refractivity contribution in [2.75, 3.05) is 6.54 Å². The topological polar surface area (TPSA) is 12.0 Å². The molecule has 1 saturated carbocycles. The lowest BCUT2D eigenvalue weighted by Gasteiger charge is -2.36. The zero-order chi connectivity index (χ0) is 15.5. The molecule has 2 heteroatoms. The normalized spacial score (nSPS) is 27.0. The Kier molecular flexibility index (Phi) is 5.90. The first kappa shape index (κ1) is 17.0. The van der Waals surface area contributed by atoms with Crippen LogP contribution in [0.2, 0.25) is 0 Å². The fourth-order valence-corrected chi connectivity index (χ4v) is 4.55. The maximum Gasteiger partial charge on any atom is 0.00966 e. The highest BCUT2D eigenvalue weighted by Gasteiger charge is 2.29. The average Bonchev–Trinajstić information content (AvgIpc) is 2.84. The number of nitrogens with one attached hydrogen (secondary N) is 1. The molecule has 0 aliphatic heterocycles. The Morgan fingerprint density at radius 3 is 2.48 bits per heavy atom. The van der Waals surface area contributed by atoms with Crippen molar-refractivity contribution < 1.29 is 0 Å². The van der Waals surface area contributed by atoms with Gasteiger partial charge in [0.25, 0.3) is 0 Å². The molecule has 1 nitrogen and oxygen atoms in total. The molecule has 0 aromatic carbocycles. The van der Waals surface area contributed by atoms with Crippen LogP contribution in [0.5, 0.6) is 0 Å². The van der Waals surface area contributed by atoms with Crippen molar-refractivity contribution in [3.05, 3.63) is 21.9 Å². The summed E-state index contributed by atoms with van der Waals surface area (Å²) < 4.78 is 0. The summed E-state index contributed by atoms with van der Waals surface area (Å²) in [4.78, 5) is 3.14. The number of thiophene rings is 1. The second kappa shape index (κ2) is 7.28. The van der Waals surface area contributed by atoms with Gasteiger partial charge in [-0.05, 0) is 82.9 Å². The van der Waals surface area contributed by atoms with Crippen LogP contribution in [-0.4, -0.2) is 12.1 Å². The molecule has 21 heavy (non-hydrogen) atoms. The molecule has 120 valence electrons. The van der Waals surface area contributed by atoms with E-state index in [9.17, 15) is 0 Å². The van der Waals surface area contributed by atoms with Gasteiger partial charge < -0.3 is 5.32 Å². The second-order valence-electron chi connectivity index (χ2n) is 7.99. The average molecular weight is 308 g/mol. The molecule has 1 aliphatic rings. The third kappa shape index (κ3) is 5.41. The smallest absolute Gasteiger partial charge is 0.00966 e. The molecule has 0 spiro atoms. The Hall–Kier alpha value is -0.340. The van der Waals surface area contributed by atoms with E-state index in [0.29, 0.717) is 0 Å². The van der Waals surface area contributed by atoms with Gasteiger partial charge in [0.2, 0.25) is 0 Å². The zero-order valence-electron chi connectivity index (χ0n) is 14.5. The van der Waals surface area contributed by atoms with Crippen molar-refractivity contribution in [2.45, 2.75) is 72.3 Å². The monoisotopic (exact) mass is 307 g/mol. The van der Waals surface area contributed by atoms with Gasteiger partial charge in [-0.2, -0.15) is 0 Å². The Morgan fingerprint density at radius 1 is 1.14 bits per heavy atom. The van der Waals surface area contributed by atoms with E-state index >= 15 is 0 Å². The van der Waals surface area contributed by atoms with Crippen LogP contribution in [0.15, 0.2) is 12.1 Å². The van der Waals surface area contributed by atoms with Crippen LogP contribution < -0.4 is 5.32 Å². The Labute approximate surface area is 135 Å². The van der Waals surface area contributed by atoms with Crippen LogP contribution in [0.25, 0.3) is 0 Å². The van der Waals surface area contributed by atoms with Crippen LogP contribution >= 0.6 is 11.3 Å². The number of rotatable bonds is 5. The molecule has 1 fully saturated rings. The molecule has 0 radical (unpaired) electrons. The molecule has 2 rings (SSSR count). The summed E-state index contributed by atoms with van der Waals surface area (Å²) in [6.45, 7) is 12.7. The summed E-state index contributed by atoms with van der Waals surface area (Å²) in [5.74, 6) is 2.63. The van der Waals surface area contributed by atoms with Gasteiger partial charge in [-0.1, -0.05) is 20.3 Å². The largest absolute Gasteiger partial charge is 0.312 e. The van der Waals surface area contributed by atoms with Gasteiger partial charge in [0.15, 0.2) is 0 Å². The fraction of sp³-hybridized carbons (Fsp3) is 0.789. The quantitative estimate of drug-likeness (QED) is 0.779. The van der Waals surface area contributed by atoms with Gasteiger partial charge in [0, 0.05) is 15.3 Å². The van der Waals surface area contributed by atoms with E-state index in [2.05, 4.69) is 52.1 Å². The Balaban J connectivity index is 1.97. The van der Waals surface area contributed by atoms with Crippen molar-refractivity contribution in [3.63, 3.8) is 0 Å². The van der Waals surface area contributed by atoms with E-state index in [1.165, 1.54) is 38.6 Å². The second-order valence-corrected chi connectivity index (χ2v) is 9.25. The molecule has 0 saturated heterocycles. The SMILES string of the molecule is CCc1ccc(CC2CC(C)CCC2CNC(C)(C)C)s1. The molecule has 0 bridgehead atoms. The first-order valence-corrected chi connectivity index (χ1v) is 9.51. The van der Waals surface area contributed by atoms with Gasteiger partial charge >= 0.3 is 0 Å². The highest BCUT2D eigenvalue weighted by molar-refractivity contribution is 7.11. The molecular weight excluding hydrogens is 274 g/mol. The van der Waals surface area contributed by atoms with Crippen LogP contribution in [0.3, 0.4) is 0 Å². The lowest BCUT2D eigenvalue weighted by Crippen LogP contribution is -2.42. The maximum atomic E-state index is 3.74. The van der Waals surface area contributed by atoms with Crippen LogP contribution in [-0.2, 0) is 12.8 Å². The lowest BCUT2D eigenvalue weighted by atomic mass is 9.73. The minimum atomic E-state index is 0.242. The maximum absolute atomic E-state index is 3.74. The molecule has 3 unspecified atom stereocenters. The van der Waals surface area contributed by atoms with Gasteiger partial charge in [-0.3, -0.25) is 0 Å². The van der Waals surface area contributed by atoms with Crippen molar-refractivity contribution >= 4 is 11.3 Å². The summed E-state index contributed by atoms with van der Waals surface area (Å²) in [5.41, 5.74) is 0.242.